The fraction of sp³-hybridized carbons (Fsp3) is 0.571. The van der Waals surface area contributed by atoms with Crippen molar-refractivity contribution in [2.45, 2.75) is 45.6 Å². The zero-order chi connectivity index (χ0) is 20.3. The van der Waals surface area contributed by atoms with E-state index in [2.05, 4.69) is 0 Å². The van der Waals surface area contributed by atoms with Gasteiger partial charge in [0.2, 0.25) is 5.91 Å². The van der Waals surface area contributed by atoms with Crippen LogP contribution in [0.5, 0.6) is 5.75 Å². The van der Waals surface area contributed by atoms with Gasteiger partial charge in [0.05, 0.1) is 6.61 Å². The molecule has 2 saturated heterocycles. The molecule has 0 aromatic heterocycles. The quantitative estimate of drug-likeness (QED) is 0.837. The number of hydrogen-bond acceptors (Lipinski definition) is 4. The maximum atomic E-state index is 12.8. The van der Waals surface area contributed by atoms with Crippen molar-refractivity contribution in [3.63, 3.8) is 0 Å². The number of carboxylic acids is 1. The molecule has 1 aromatic rings. The predicted molar refractivity (Wildman–Crippen MR) is 103 cm³/mol. The van der Waals surface area contributed by atoms with Crippen LogP contribution in [0, 0.1) is 5.41 Å². The Kier molecular flexibility index (Phi) is 5.91. The Labute approximate surface area is 165 Å². The lowest BCUT2D eigenvalue weighted by atomic mass is 9.76. The topological polar surface area (TPSA) is 87.2 Å². The highest BCUT2D eigenvalue weighted by atomic mass is 16.5. The van der Waals surface area contributed by atoms with Crippen LogP contribution < -0.4 is 4.74 Å². The summed E-state index contributed by atoms with van der Waals surface area (Å²) >= 11 is 0. The van der Waals surface area contributed by atoms with E-state index in [-0.39, 0.29) is 17.2 Å². The number of hydrogen-bond donors (Lipinski definition) is 1. The second kappa shape index (κ2) is 8.20. The van der Waals surface area contributed by atoms with Crippen LogP contribution in [-0.2, 0) is 9.59 Å². The largest absolute Gasteiger partial charge is 0.494 e. The van der Waals surface area contributed by atoms with Crippen LogP contribution in [0.4, 0.5) is 0 Å². The first-order valence-corrected chi connectivity index (χ1v) is 9.87. The van der Waals surface area contributed by atoms with Gasteiger partial charge in [-0.15, -0.1) is 0 Å². The molecule has 28 heavy (non-hydrogen) atoms. The number of nitrogens with zero attached hydrogens (tertiary/aromatic N) is 2. The average Bonchev–Trinajstić information content (AvgIpc) is 3.07. The zero-order valence-electron chi connectivity index (χ0n) is 16.5. The lowest BCUT2D eigenvalue weighted by molar-refractivity contribution is -0.147. The van der Waals surface area contributed by atoms with E-state index in [0.717, 1.165) is 12.2 Å². The second-order valence-corrected chi connectivity index (χ2v) is 7.87. The van der Waals surface area contributed by atoms with Crippen LogP contribution in [0.1, 0.15) is 49.9 Å². The molecular weight excluding hydrogens is 360 g/mol. The number of benzene rings is 1. The monoisotopic (exact) mass is 388 g/mol. The lowest BCUT2D eigenvalue weighted by Crippen LogP contribution is -2.44. The molecule has 2 fully saturated rings. The summed E-state index contributed by atoms with van der Waals surface area (Å²) in [7, 11) is 0. The van der Waals surface area contributed by atoms with Gasteiger partial charge in [-0.2, -0.15) is 0 Å². The number of carbonyl (C=O) groups is 3. The van der Waals surface area contributed by atoms with Crippen molar-refractivity contribution in [2.75, 3.05) is 26.2 Å². The summed E-state index contributed by atoms with van der Waals surface area (Å²) in [5, 5.41) is 9.44. The second-order valence-electron chi connectivity index (χ2n) is 7.87. The number of carbonyl (C=O) groups excluding carboxylic acids is 2. The van der Waals surface area contributed by atoms with E-state index in [0.29, 0.717) is 51.1 Å². The van der Waals surface area contributed by atoms with E-state index in [1.165, 1.54) is 11.8 Å². The number of piperidine rings is 1. The molecular formula is C21H28N2O5. The molecule has 0 bridgehead atoms. The zero-order valence-corrected chi connectivity index (χ0v) is 16.5. The molecule has 2 amide bonds. The maximum absolute atomic E-state index is 12.8. The van der Waals surface area contributed by atoms with E-state index in [1.54, 1.807) is 12.1 Å². The Hall–Kier alpha value is -2.57. The summed E-state index contributed by atoms with van der Waals surface area (Å²) < 4.78 is 5.55. The van der Waals surface area contributed by atoms with Crippen molar-refractivity contribution in [2.24, 2.45) is 5.41 Å². The SMILES string of the molecule is CCCOc1ccc(C(=O)N2CCC3(CC2)C[C@H](C(=O)O)N(C(C)=O)C3)cc1. The molecule has 2 heterocycles. The molecule has 152 valence electrons. The Morgan fingerprint density at radius 1 is 1.18 bits per heavy atom. The molecule has 7 nitrogen and oxygen atoms in total. The van der Waals surface area contributed by atoms with Gasteiger partial charge in [0, 0.05) is 32.1 Å². The molecule has 2 aliphatic rings. The summed E-state index contributed by atoms with van der Waals surface area (Å²) in [5.41, 5.74) is 0.420. The number of amides is 2. The van der Waals surface area contributed by atoms with E-state index in [9.17, 15) is 19.5 Å². The highest BCUT2D eigenvalue weighted by Crippen LogP contribution is 2.43. The van der Waals surface area contributed by atoms with Gasteiger partial charge in [0.25, 0.3) is 5.91 Å². The van der Waals surface area contributed by atoms with E-state index < -0.39 is 12.0 Å². The Balaban J connectivity index is 1.61. The normalized spacial score (nSPS) is 21.0. The van der Waals surface area contributed by atoms with Crippen molar-refractivity contribution in [3.8, 4) is 5.75 Å². The summed E-state index contributed by atoms with van der Waals surface area (Å²) in [4.78, 5) is 39.4. The number of carboxylic acid groups (broad SMARTS) is 1. The van der Waals surface area contributed by atoms with Crippen LogP contribution in [0.3, 0.4) is 0 Å². The maximum Gasteiger partial charge on any atom is 0.326 e. The molecule has 0 radical (unpaired) electrons. The molecule has 1 spiro atoms. The highest BCUT2D eigenvalue weighted by Gasteiger charge is 2.49. The highest BCUT2D eigenvalue weighted by molar-refractivity contribution is 5.94. The Bertz CT molecular complexity index is 714. The van der Waals surface area contributed by atoms with Crippen LogP contribution in [0.25, 0.3) is 0 Å². The first-order chi connectivity index (χ1) is 13.3. The number of rotatable bonds is 5. The van der Waals surface area contributed by atoms with Gasteiger partial charge in [-0.05, 0) is 55.4 Å². The van der Waals surface area contributed by atoms with E-state index in [1.807, 2.05) is 24.0 Å². The summed E-state index contributed by atoms with van der Waals surface area (Å²) in [6.07, 6.45) is 2.82. The van der Waals surface area contributed by atoms with Gasteiger partial charge in [-0.25, -0.2) is 4.79 Å². The summed E-state index contributed by atoms with van der Waals surface area (Å²) in [5.74, 6) is -0.414. The van der Waals surface area contributed by atoms with Crippen molar-refractivity contribution < 1.29 is 24.2 Å². The first kappa shape index (κ1) is 20.2. The minimum absolute atomic E-state index is 0.0203. The van der Waals surface area contributed by atoms with E-state index in [4.69, 9.17) is 4.74 Å². The fourth-order valence-corrected chi connectivity index (χ4v) is 4.25. The third-order valence-electron chi connectivity index (χ3n) is 5.88. The summed E-state index contributed by atoms with van der Waals surface area (Å²) in [6.45, 7) is 5.72. The number of likely N-dealkylation sites (tertiary alicyclic amines) is 2. The first-order valence-electron chi connectivity index (χ1n) is 9.87. The van der Waals surface area contributed by atoms with Crippen LogP contribution in [0.2, 0.25) is 0 Å². The van der Waals surface area contributed by atoms with Crippen LogP contribution in [-0.4, -0.2) is 65.0 Å². The Morgan fingerprint density at radius 3 is 2.32 bits per heavy atom. The van der Waals surface area contributed by atoms with Crippen LogP contribution >= 0.6 is 0 Å². The third kappa shape index (κ3) is 4.13. The molecule has 1 aromatic carbocycles. The Morgan fingerprint density at radius 2 is 1.82 bits per heavy atom. The minimum Gasteiger partial charge on any atom is -0.494 e. The van der Waals surface area contributed by atoms with Crippen molar-refractivity contribution in [3.05, 3.63) is 29.8 Å². The van der Waals surface area contributed by atoms with Gasteiger partial charge in [-0.1, -0.05) is 6.92 Å². The van der Waals surface area contributed by atoms with Gasteiger partial charge >= 0.3 is 5.97 Å². The van der Waals surface area contributed by atoms with E-state index >= 15 is 0 Å². The molecule has 0 unspecified atom stereocenters. The van der Waals surface area contributed by atoms with Gasteiger partial charge in [-0.3, -0.25) is 9.59 Å². The van der Waals surface area contributed by atoms with Crippen molar-refractivity contribution in [1.82, 2.24) is 9.80 Å². The molecule has 0 aliphatic carbocycles. The van der Waals surface area contributed by atoms with Crippen molar-refractivity contribution in [1.29, 1.82) is 0 Å². The lowest BCUT2D eigenvalue weighted by Gasteiger charge is -2.39. The van der Waals surface area contributed by atoms with Gasteiger partial charge < -0.3 is 19.6 Å². The molecule has 1 N–H and O–H groups in total. The molecule has 2 aliphatic heterocycles. The third-order valence-corrected chi connectivity index (χ3v) is 5.88. The number of aliphatic carboxylic acids is 1. The number of ether oxygens (including phenoxy) is 1. The average molecular weight is 388 g/mol. The fourth-order valence-electron chi connectivity index (χ4n) is 4.25. The minimum atomic E-state index is -0.948. The molecule has 1 atom stereocenters. The predicted octanol–water partition coefficient (Wildman–Crippen LogP) is 2.40. The molecule has 7 heteroatoms. The standard InChI is InChI=1S/C21H28N2O5/c1-3-12-28-17-6-4-16(5-7-17)19(25)22-10-8-21(9-11-22)13-18(20(26)27)23(14-21)15(2)24/h4-7,18H,3,8-14H2,1-2H3,(H,26,27)/t18-/m1/s1. The summed E-state index contributed by atoms with van der Waals surface area (Å²) in [6, 6.07) is 6.44. The molecule has 0 saturated carbocycles. The van der Waals surface area contributed by atoms with Crippen molar-refractivity contribution >= 4 is 17.8 Å². The van der Waals surface area contributed by atoms with Gasteiger partial charge in [0.1, 0.15) is 11.8 Å². The molecule has 3 rings (SSSR count). The van der Waals surface area contributed by atoms with Crippen LogP contribution in [0.15, 0.2) is 24.3 Å². The smallest absolute Gasteiger partial charge is 0.326 e. The van der Waals surface area contributed by atoms with Gasteiger partial charge in [0.15, 0.2) is 0 Å².